The molecule has 35 heavy (non-hydrogen) atoms. The van der Waals surface area contributed by atoms with Gasteiger partial charge in [-0.3, -0.25) is 4.79 Å². The van der Waals surface area contributed by atoms with E-state index in [9.17, 15) is 17.6 Å². The van der Waals surface area contributed by atoms with Crippen LogP contribution in [0.25, 0.3) is 0 Å². The summed E-state index contributed by atoms with van der Waals surface area (Å²) in [5.41, 5.74) is -1.55. The Kier molecular flexibility index (Phi) is 9.86. The molecular formula is C25H33ClFN3O3S2. The lowest BCUT2D eigenvalue weighted by atomic mass is 9.86. The van der Waals surface area contributed by atoms with Crippen molar-refractivity contribution in [2.45, 2.75) is 60.0 Å². The van der Waals surface area contributed by atoms with Gasteiger partial charge in [-0.05, 0) is 83.1 Å². The normalized spacial score (nSPS) is 16.6. The maximum absolute atomic E-state index is 14.9. The lowest BCUT2D eigenvalue weighted by Gasteiger charge is -2.27. The molecule has 2 aromatic carbocycles. The SMILES string of the molecule is CN(C)CC[C@H](CSc1ccccc1)Nc1ccc(S(=O)(=O)NC(=O)C2(F)CCCCC2)cc1Cl. The van der Waals surface area contributed by atoms with E-state index >= 15 is 0 Å². The maximum Gasteiger partial charge on any atom is 0.271 e. The van der Waals surface area contributed by atoms with Crippen LogP contribution in [0.15, 0.2) is 58.3 Å². The summed E-state index contributed by atoms with van der Waals surface area (Å²) in [6.45, 7) is 0.869. The van der Waals surface area contributed by atoms with Gasteiger partial charge >= 0.3 is 0 Å². The lowest BCUT2D eigenvalue weighted by Crippen LogP contribution is -2.46. The van der Waals surface area contributed by atoms with Crippen LogP contribution in [0, 0.1) is 0 Å². The zero-order chi connectivity index (χ0) is 25.5. The molecule has 192 valence electrons. The second-order valence-electron chi connectivity index (χ2n) is 9.16. The Bertz CT molecular complexity index is 1090. The molecule has 2 aromatic rings. The number of rotatable bonds is 11. The summed E-state index contributed by atoms with van der Waals surface area (Å²) >= 11 is 8.17. The van der Waals surface area contributed by atoms with Gasteiger partial charge in [-0.2, -0.15) is 0 Å². The monoisotopic (exact) mass is 541 g/mol. The van der Waals surface area contributed by atoms with Gasteiger partial charge in [0.15, 0.2) is 5.67 Å². The van der Waals surface area contributed by atoms with Gasteiger partial charge in [-0.1, -0.05) is 36.2 Å². The van der Waals surface area contributed by atoms with E-state index in [1.807, 2.05) is 37.0 Å². The van der Waals surface area contributed by atoms with Crippen molar-refractivity contribution < 1.29 is 17.6 Å². The van der Waals surface area contributed by atoms with Gasteiger partial charge in [0.1, 0.15) is 0 Å². The molecule has 0 heterocycles. The number of carbonyl (C=O) groups is 1. The highest BCUT2D eigenvalue weighted by molar-refractivity contribution is 7.99. The van der Waals surface area contributed by atoms with Crippen molar-refractivity contribution in [2.75, 3.05) is 31.7 Å². The summed E-state index contributed by atoms with van der Waals surface area (Å²) in [6.07, 6.45) is 2.90. The molecule has 1 atom stereocenters. The Balaban J connectivity index is 1.69. The van der Waals surface area contributed by atoms with E-state index in [0.717, 1.165) is 30.0 Å². The molecule has 1 amide bonds. The molecule has 1 aliphatic carbocycles. The average molecular weight is 542 g/mol. The lowest BCUT2D eigenvalue weighted by molar-refractivity contribution is -0.133. The fourth-order valence-corrected chi connectivity index (χ4v) is 6.29. The summed E-state index contributed by atoms with van der Waals surface area (Å²) in [7, 11) is -0.223. The quantitative estimate of drug-likeness (QED) is 0.374. The molecule has 1 saturated carbocycles. The second-order valence-corrected chi connectivity index (χ2v) is 12.3. The predicted octanol–water partition coefficient (Wildman–Crippen LogP) is 5.34. The minimum atomic E-state index is -4.24. The van der Waals surface area contributed by atoms with Crippen LogP contribution in [-0.4, -0.2) is 57.3 Å². The number of carbonyl (C=O) groups excluding carboxylic acids is 1. The van der Waals surface area contributed by atoms with E-state index in [2.05, 4.69) is 22.3 Å². The number of amides is 1. The molecule has 1 aliphatic rings. The molecule has 0 bridgehead atoms. The van der Waals surface area contributed by atoms with Gasteiger partial charge in [-0.15, -0.1) is 11.8 Å². The fraction of sp³-hybridized carbons (Fsp3) is 0.480. The van der Waals surface area contributed by atoms with Crippen molar-refractivity contribution in [3.63, 3.8) is 0 Å². The van der Waals surface area contributed by atoms with Gasteiger partial charge < -0.3 is 10.2 Å². The highest BCUT2D eigenvalue weighted by Gasteiger charge is 2.41. The molecule has 0 spiro atoms. The van der Waals surface area contributed by atoms with Gasteiger partial charge in [0.25, 0.3) is 15.9 Å². The topological polar surface area (TPSA) is 78.5 Å². The number of thioether (sulfide) groups is 1. The molecule has 6 nitrogen and oxygen atoms in total. The smallest absolute Gasteiger partial charge is 0.271 e. The van der Waals surface area contributed by atoms with Gasteiger partial charge in [0, 0.05) is 16.7 Å². The Labute approximate surface area is 217 Å². The van der Waals surface area contributed by atoms with Gasteiger partial charge in [0.05, 0.1) is 15.6 Å². The average Bonchev–Trinajstić information content (AvgIpc) is 2.82. The summed E-state index contributed by atoms with van der Waals surface area (Å²) in [5.74, 6) is -0.305. The van der Waals surface area contributed by atoms with E-state index in [1.54, 1.807) is 17.8 Å². The van der Waals surface area contributed by atoms with Crippen LogP contribution in [0.5, 0.6) is 0 Å². The first-order valence-corrected chi connectivity index (χ1v) is 14.6. The minimum absolute atomic E-state index is 0.0350. The number of nitrogens with one attached hydrogen (secondary N) is 2. The third-order valence-corrected chi connectivity index (χ3v) is 8.83. The third-order valence-electron chi connectivity index (χ3n) is 6.01. The van der Waals surface area contributed by atoms with E-state index < -0.39 is 21.6 Å². The third kappa shape index (κ3) is 8.10. The Morgan fingerprint density at radius 1 is 1.14 bits per heavy atom. The van der Waals surface area contributed by atoms with Gasteiger partial charge in [0.2, 0.25) is 0 Å². The molecule has 3 rings (SSSR count). The first-order chi connectivity index (χ1) is 16.6. The maximum atomic E-state index is 14.9. The van der Waals surface area contributed by atoms with E-state index in [-0.39, 0.29) is 28.8 Å². The molecule has 1 fully saturated rings. The first-order valence-electron chi connectivity index (χ1n) is 11.7. The number of benzene rings is 2. The molecule has 2 N–H and O–H groups in total. The molecule has 0 unspecified atom stereocenters. The molecular weight excluding hydrogens is 509 g/mol. The summed E-state index contributed by atoms with van der Waals surface area (Å²) in [6, 6.07) is 14.4. The Morgan fingerprint density at radius 3 is 2.46 bits per heavy atom. The van der Waals surface area contributed by atoms with Crippen LogP contribution in [-0.2, 0) is 14.8 Å². The van der Waals surface area contributed by atoms with Gasteiger partial charge in [-0.25, -0.2) is 17.5 Å². The number of hydrogen-bond donors (Lipinski definition) is 2. The fourth-order valence-electron chi connectivity index (χ4n) is 3.94. The van der Waals surface area contributed by atoms with Crippen molar-refractivity contribution in [3.8, 4) is 0 Å². The standard InChI is InChI=1S/C25H33ClFN3O3S2/c1-30(2)16-13-19(18-34-20-9-5-3-6-10-20)28-23-12-11-21(17-22(23)26)35(32,33)29-24(31)25(27)14-7-4-8-15-25/h3,5-6,9-12,17,19,28H,4,7-8,13-16,18H2,1-2H3,(H,29,31)/t19-/m1/s1. The van der Waals surface area contributed by atoms with Crippen LogP contribution in [0.3, 0.4) is 0 Å². The van der Waals surface area contributed by atoms with E-state index in [0.29, 0.717) is 18.5 Å². The largest absolute Gasteiger partial charge is 0.380 e. The molecule has 0 radical (unpaired) electrons. The van der Waals surface area contributed by atoms with Crippen molar-refractivity contribution in [3.05, 3.63) is 53.6 Å². The highest BCUT2D eigenvalue weighted by Crippen LogP contribution is 2.33. The molecule has 0 saturated heterocycles. The number of sulfonamides is 1. The van der Waals surface area contributed by atoms with Crippen molar-refractivity contribution in [2.24, 2.45) is 0 Å². The van der Waals surface area contributed by atoms with Crippen molar-refractivity contribution in [1.29, 1.82) is 0 Å². The van der Waals surface area contributed by atoms with Crippen LogP contribution in [0.2, 0.25) is 5.02 Å². The highest BCUT2D eigenvalue weighted by atomic mass is 35.5. The van der Waals surface area contributed by atoms with Crippen LogP contribution < -0.4 is 10.0 Å². The molecule has 0 aliphatic heterocycles. The second kappa shape index (κ2) is 12.4. The number of nitrogens with zero attached hydrogens (tertiary/aromatic N) is 1. The van der Waals surface area contributed by atoms with Crippen LogP contribution in [0.1, 0.15) is 38.5 Å². The Hall–Kier alpha value is -1.81. The van der Waals surface area contributed by atoms with Crippen molar-refractivity contribution >= 4 is 45.0 Å². The van der Waals surface area contributed by atoms with Crippen LogP contribution in [0.4, 0.5) is 10.1 Å². The summed E-state index contributed by atoms with van der Waals surface area (Å²) < 4.78 is 42.3. The van der Waals surface area contributed by atoms with Crippen LogP contribution >= 0.6 is 23.4 Å². The summed E-state index contributed by atoms with van der Waals surface area (Å²) in [4.78, 5) is 15.5. The zero-order valence-electron chi connectivity index (χ0n) is 20.1. The predicted molar refractivity (Wildman–Crippen MR) is 141 cm³/mol. The van der Waals surface area contributed by atoms with E-state index in [1.165, 1.54) is 12.1 Å². The number of anilines is 1. The van der Waals surface area contributed by atoms with Crippen molar-refractivity contribution in [1.82, 2.24) is 9.62 Å². The minimum Gasteiger partial charge on any atom is -0.380 e. The molecule has 10 heteroatoms. The number of halogens is 2. The molecule has 0 aromatic heterocycles. The zero-order valence-corrected chi connectivity index (χ0v) is 22.5. The Morgan fingerprint density at radius 2 is 1.83 bits per heavy atom. The van der Waals surface area contributed by atoms with E-state index in [4.69, 9.17) is 11.6 Å². The number of hydrogen-bond acceptors (Lipinski definition) is 6. The summed E-state index contributed by atoms with van der Waals surface area (Å²) in [5, 5.41) is 3.64. The first kappa shape index (κ1) is 27.8. The number of alkyl halides is 1.